The molecule has 0 N–H and O–H groups in total. The number of ether oxygens (including phenoxy) is 1. The largest absolute Gasteiger partial charge is 0.444 e. The normalized spacial score (nSPS) is 19.7. The lowest BCUT2D eigenvalue weighted by atomic mass is 9.95. The molecule has 35 heavy (non-hydrogen) atoms. The molecule has 3 heterocycles. The molecule has 3 aromatic rings. The first-order chi connectivity index (χ1) is 16.4. The van der Waals surface area contributed by atoms with E-state index in [-0.39, 0.29) is 33.5 Å². The summed E-state index contributed by atoms with van der Waals surface area (Å²) in [5, 5.41) is 11.1. The molecule has 1 fully saturated rings. The number of nitriles is 1. The first kappa shape index (κ1) is 25.9. The summed E-state index contributed by atoms with van der Waals surface area (Å²) in [4.78, 5) is 18.8. The summed E-state index contributed by atoms with van der Waals surface area (Å²) in [6.45, 7) is 5.82. The van der Waals surface area contributed by atoms with Crippen molar-refractivity contribution in [2.45, 2.75) is 62.7 Å². The minimum atomic E-state index is -1.46. The monoisotopic (exact) mass is 582 g/mol. The maximum atomic E-state index is 15.2. The molecule has 1 unspecified atom stereocenters. The fourth-order valence-electron chi connectivity index (χ4n) is 4.61. The lowest BCUT2D eigenvalue weighted by Gasteiger charge is -2.39. The van der Waals surface area contributed by atoms with Gasteiger partial charge in [-0.15, -0.1) is 0 Å². The molecule has 1 aromatic carbocycles. The van der Waals surface area contributed by atoms with Gasteiger partial charge in [-0.1, -0.05) is 11.6 Å². The molecule has 7 nitrogen and oxygen atoms in total. The second-order valence-corrected chi connectivity index (χ2v) is 12.1. The number of nitrogens with zero attached hydrogens (tertiary/aromatic N) is 4. The Labute approximate surface area is 218 Å². The highest BCUT2D eigenvalue weighted by molar-refractivity contribution is 9.10. The molecule has 0 bridgehead atoms. The van der Waals surface area contributed by atoms with Gasteiger partial charge >= 0.3 is 6.09 Å². The average molecular weight is 584 g/mol. The maximum absolute atomic E-state index is 15.2. The third kappa shape index (κ3) is 4.91. The molecule has 0 saturated carbocycles. The molecule has 186 valence electrons. The van der Waals surface area contributed by atoms with Crippen molar-refractivity contribution in [3.8, 4) is 6.07 Å². The van der Waals surface area contributed by atoms with E-state index < -0.39 is 28.3 Å². The summed E-state index contributed by atoms with van der Waals surface area (Å²) in [6.07, 6.45) is 4.22. The molecule has 11 heteroatoms. The fraction of sp³-hybridized carbons (Fsp3) is 0.458. The second kappa shape index (κ2) is 9.68. The topological polar surface area (TPSA) is 88.2 Å². The number of aromatic nitrogens is 2. The highest BCUT2D eigenvalue weighted by Crippen LogP contribution is 2.40. The minimum Gasteiger partial charge on any atom is -0.444 e. The number of pyridine rings is 1. The molecule has 0 radical (unpaired) electrons. The summed E-state index contributed by atoms with van der Waals surface area (Å²) in [5.74, 6) is -0.615. The zero-order valence-corrected chi connectivity index (χ0v) is 22.9. The molecule has 1 aliphatic heterocycles. The molecule has 0 aliphatic carbocycles. The van der Waals surface area contributed by atoms with E-state index in [9.17, 15) is 14.3 Å². The van der Waals surface area contributed by atoms with Gasteiger partial charge in [0.15, 0.2) is 5.82 Å². The number of amides is 1. The van der Waals surface area contributed by atoms with Gasteiger partial charge in [-0.25, -0.2) is 14.2 Å². The summed E-state index contributed by atoms with van der Waals surface area (Å²) in [7, 11) is -1.46. The van der Waals surface area contributed by atoms with Crippen LogP contribution in [-0.4, -0.2) is 49.2 Å². The van der Waals surface area contributed by atoms with E-state index in [2.05, 4.69) is 27.0 Å². The lowest BCUT2D eigenvalue weighted by Crippen LogP contribution is -2.48. The third-order valence-electron chi connectivity index (χ3n) is 6.06. The van der Waals surface area contributed by atoms with Crippen LogP contribution in [0.1, 0.15) is 46.1 Å². The van der Waals surface area contributed by atoms with Crippen molar-refractivity contribution in [2.75, 3.05) is 12.8 Å². The molecule has 4 rings (SSSR count). The molecule has 1 saturated heterocycles. The van der Waals surface area contributed by atoms with Gasteiger partial charge < -0.3 is 14.2 Å². The molecule has 1 amide bonds. The first-order valence-corrected chi connectivity index (χ1v) is 13.8. The number of piperidine rings is 1. The number of rotatable bonds is 3. The predicted octanol–water partition coefficient (Wildman–Crippen LogP) is 6.34. The zero-order chi connectivity index (χ0) is 25.7. The Hall–Kier alpha value is -2.22. The van der Waals surface area contributed by atoms with Gasteiger partial charge in [-0.2, -0.15) is 5.26 Å². The number of fused-ring (bicyclic) bond motifs is 3. The number of carbonyl (C=O) groups excluding carboxylic acids is 1. The number of benzene rings is 1. The van der Waals surface area contributed by atoms with Crippen LogP contribution >= 0.6 is 27.5 Å². The van der Waals surface area contributed by atoms with Gasteiger partial charge in [0, 0.05) is 41.9 Å². The van der Waals surface area contributed by atoms with Gasteiger partial charge in [0.25, 0.3) is 0 Å². The molecule has 0 spiro atoms. The Kier molecular flexibility index (Phi) is 7.15. The van der Waals surface area contributed by atoms with Crippen LogP contribution in [0.2, 0.25) is 5.02 Å². The van der Waals surface area contributed by atoms with Gasteiger partial charge in [-0.05, 0) is 61.7 Å². The van der Waals surface area contributed by atoms with E-state index in [4.69, 9.17) is 16.3 Å². The van der Waals surface area contributed by atoms with Crippen molar-refractivity contribution in [2.24, 2.45) is 0 Å². The fourth-order valence-corrected chi connectivity index (χ4v) is 5.80. The van der Waals surface area contributed by atoms with Crippen LogP contribution in [0.5, 0.6) is 0 Å². The summed E-state index contributed by atoms with van der Waals surface area (Å²) in [6, 6.07) is 5.24. The molecular weight excluding hydrogens is 559 g/mol. The first-order valence-electron chi connectivity index (χ1n) is 11.1. The highest BCUT2D eigenvalue weighted by atomic mass is 79.9. The maximum Gasteiger partial charge on any atom is 0.410 e. The average Bonchev–Trinajstić information content (AvgIpc) is 3.21. The van der Waals surface area contributed by atoms with E-state index >= 15 is 4.39 Å². The Bertz CT molecular complexity index is 1400. The van der Waals surface area contributed by atoms with E-state index in [0.717, 1.165) is 0 Å². The summed E-state index contributed by atoms with van der Waals surface area (Å²) in [5.41, 5.74) is 0.121. The third-order valence-corrected chi connectivity index (χ3v) is 8.22. The number of hydrogen-bond donors (Lipinski definition) is 0. The van der Waals surface area contributed by atoms with Crippen molar-refractivity contribution < 1.29 is 18.1 Å². The van der Waals surface area contributed by atoms with Crippen LogP contribution in [0.15, 0.2) is 27.8 Å². The summed E-state index contributed by atoms with van der Waals surface area (Å²) < 4.78 is 35.3. The van der Waals surface area contributed by atoms with Crippen LogP contribution in [0.25, 0.3) is 21.8 Å². The van der Waals surface area contributed by atoms with Gasteiger partial charge in [0.1, 0.15) is 16.1 Å². The van der Waals surface area contributed by atoms with Crippen LogP contribution in [0.4, 0.5) is 9.18 Å². The Balaban J connectivity index is 1.82. The zero-order valence-electron chi connectivity index (χ0n) is 19.8. The predicted molar refractivity (Wildman–Crippen MR) is 137 cm³/mol. The number of hydrogen-bond acceptors (Lipinski definition) is 5. The van der Waals surface area contributed by atoms with Gasteiger partial charge in [-0.3, -0.25) is 4.21 Å². The Morgan fingerprint density at radius 3 is 2.77 bits per heavy atom. The van der Waals surface area contributed by atoms with Crippen LogP contribution in [0.3, 0.4) is 0 Å². The van der Waals surface area contributed by atoms with Gasteiger partial charge in [0.05, 0.1) is 38.3 Å². The molecular formula is C24H25BrClFN4O3S. The summed E-state index contributed by atoms with van der Waals surface area (Å²) >= 11 is 9.46. The van der Waals surface area contributed by atoms with E-state index in [1.165, 1.54) is 6.26 Å². The number of likely N-dealkylation sites (tertiary alicyclic amines) is 1. The smallest absolute Gasteiger partial charge is 0.410 e. The van der Waals surface area contributed by atoms with Crippen molar-refractivity contribution in [3.05, 3.63) is 33.6 Å². The minimum absolute atomic E-state index is 0.0821. The molecule has 1 aliphatic rings. The van der Waals surface area contributed by atoms with Crippen LogP contribution in [0, 0.1) is 17.1 Å². The van der Waals surface area contributed by atoms with E-state index in [1.807, 2.05) is 16.8 Å². The Morgan fingerprint density at radius 2 is 2.14 bits per heavy atom. The lowest BCUT2D eigenvalue weighted by molar-refractivity contribution is 0.00620. The number of carbonyl (C=O) groups is 1. The quantitative estimate of drug-likeness (QED) is 0.336. The van der Waals surface area contributed by atoms with Crippen LogP contribution in [-0.2, 0) is 15.5 Å². The standard InChI is InChI=1S/C24H25BrClFN4O3S/c1-24(2,3)34-23(32)31-9-6-14(11-13(31)5-8-28)30-10-7-15-21(30)16-12-17(26)18(25)19(27)20(16)29-22(15)35(4)33/h7,10,12-14H,5-6,9,11H2,1-4H3/t13-,14+,35?/m1/s1. The van der Waals surface area contributed by atoms with Gasteiger partial charge in [0.2, 0.25) is 0 Å². The SMILES string of the molecule is CS(=O)c1nc2c(F)c(Br)c(Cl)cc2c2c1ccn2[C@H]1CCN(C(=O)OC(C)(C)C)[C@H](CC#N)C1. The molecule has 3 atom stereocenters. The second-order valence-electron chi connectivity index (χ2n) is 9.61. The van der Waals surface area contributed by atoms with Crippen molar-refractivity contribution >= 4 is 66.2 Å². The van der Waals surface area contributed by atoms with E-state index in [0.29, 0.717) is 40.7 Å². The van der Waals surface area contributed by atoms with Crippen molar-refractivity contribution in [1.82, 2.24) is 14.5 Å². The van der Waals surface area contributed by atoms with Crippen LogP contribution < -0.4 is 0 Å². The van der Waals surface area contributed by atoms with Crippen molar-refractivity contribution in [3.63, 3.8) is 0 Å². The van der Waals surface area contributed by atoms with E-state index in [1.54, 1.807) is 31.7 Å². The number of halogens is 3. The Morgan fingerprint density at radius 1 is 1.43 bits per heavy atom. The molecule has 2 aromatic heterocycles. The highest BCUT2D eigenvalue weighted by Gasteiger charge is 2.35. The van der Waals surface area contributed by atoms with Crippen molar-refractivity contribution in [1.29, 1.82) is 5.26 Å².